The molecular weight excluding hydrogens is 190 g/mol. The Morgan fingerprint density at radius 3 is 2.60 bits per heavy atom. The number of rotatable bonds is 2. The summed E-state index contributed by atoms with van der Waals surface area (Å²) in [6.45, 7) is 0. The molecule has 0 amide bonds. The van der Waals surface area contributed by atoms with Gasteiger partial charge >= 0.3 is 0 Å². The summed E-state index contributed by atoms with van der Waals surface area (Å²) in [5.74, 6) is 0.207. The molecule has 0 aliphatic rings. The van der Waals surface area contributed by atoms with Gasteiger partial charge < -0.3 is 5.11 Å². The third kappa shape index (κ3) is 2.37. The molecule has 4 heteroatoms. The van der Waals surface area contributed by atoms with E-state index in [0.717, 1.165) is 0 Å². The molecule has 0 saturated heterocycles. The SMILES string of the molecule is Oc1ccccc1C=Nc1cncnc1. The van der Waals surface area contributed by atoms with Crippen LogP contribution in [-0.2, 0) is 0 Å². The molecule has 15 heavy (non-hydrogen) atoms. The molecule has 0 aliphatic heterocycles. The van der Waals surface area contributed by atoms with Crippen molar-refractivity contribution in [2.45, 2.75) is 0 Å². The summed E-state index contributed by atoms with van der Waals surface area (Å²) >= 11 is 0. The Hall–Kier alpha value is -2.23. The number of hydrogen-bond acceptors (Lipinski definition) is 4. The molecule has 0 bridgehead atoms. The average Bonchev–Trinajstić information content (AvgIpc) is 2.29. The summed E-state index contributed by atoms with van der Waals surface area (Å²) in [7, 11) is 0. The Bertz CT molecular complexity index is 468. The predicted octanol–water partition coefficient (Wildman–Crippen LogP) is 1.93. The van der Waals surface area contributed by atoms with E-state index in [1.807, 2.05) is 6.07 Å². The highest BCUT2D eigenvalue weighted by molar-refractivity contribution is 5.84. The smallest absolute Gasteiger partial charge is 0.124 e. The number of phenols is 1. The number of aromatic hydroxyl groups is 1. The van der Waals surface area contributed by atoms with Gasteiger partial charge in [0.15, 0.2) is 0 Å². The van der Waals surface area contributed by atoms with Crippen LogP contribution >= 0.6 is 0 Å². The van der Waals surface area contributed by atoms with Crippen molar-refractivity contribution in [1.29, 1.82) is 0 Å². The van der Waals surface area contributed by atoms with Crippen LogP contribution in [0.4, 0.5) is 5.69 Å². The number of hydrogen-bond donors (Lipinski definition) is 1. The summed E-state index contributed by atoms with van der Waals surface area (Å²) in [6.07, 6.45) is 6.22. The molecule has 2 aromatic rings. The Balaban J connectivity index is 2.23. The topological polar surface area (TPSA) is 58.4 Å². The van der Waals surface area contributed by atoms with Gasteiger partial charge in [0.25, 0.3) is 0 Å². The Morgan fingerprint density at radius 2 is 1.87 bits per heavy atom. The largest absolute Gasteiger partial charge is 0.507 e. The number of para-hydroxylation sites is 1. The van der Waals surface area contributed by atoms with Gasteiger partial charge in [0, 0.05) is 11.8 Å². The lowest BCUT2D eigenvalue weighted by atomic mass is 10.2. The van der Waals surface area contributed by atoms with E-state index in [-0.39, 0.29) is 5.75 Å². The first-order chi connectivity index (χ1) is 7.36. The molecule has 4 nitrogen and oxygen atoms in total. The van der Waals surface area contributed by atoms with Crippen LogP contribution in [0.5, 0.6) is 5.75 Å². The third-order valence-corrected chi connectivity index (χ3v) is 1.84. The van der Waals surface area contributed by atoms with Crippen molar-refractivity contribution >= 4 is 11.9 Å². The summed E-state index contributed by atoms with van der Waals surface area (Å²) in [5.41, 5.74) is 1.32. The van der Waals surface area contributed by atoms with E-state index < -0.39 is 0 Å². The predicted molar refractivity (Wildman–Crippen MR) is 57.4 cm³/mol. The van der Waals surface area contributed by atoms with Crippen molar-refractivity contribution in [3.8, 4) is 5.75 Å². The number of aromatic nitrogens is 2. The minimum Gasteiger partial charge on any atom is -0.507 e. The summed E-state index contributed by atoms with van der Waals surface area (Å²) in [5, 5.41) is 9.47. The van der Waals surface area contributed by atoms with Crippen molar-refractivity contribution in [3.63, 3.8) is 0 Å². The van der Waals surface area contributed by atoms with Gasteiger partial charge in [0.1, 0.15) is 12.1 Å². The standard InChI is InChI=1S/C11H9N3O/c15-11-4-2-1-3-9(11)5-14-10-6-12-8-13-7-10/h1-8,15H. The molecule has 0 radical (unpaired) electrons. The fraction of sp³-hybridized carbons (Fsp3) is 0. The van der Waals surface area contributed by atoms with E-state index >= 15 is 0 Å². The van der Waals surface area contributed by atoms with E-state index in [9.17, 15) is 5.11 Å². The Kier molecular flexibility index (Phi) is 2.69. The van der Waals surface area contributed by atoms with E-state index in [2.05, 4.69) is 15.0 Å². The molecule has 2 rings (SSSR count). The minimum atomic E-state index is 0.207. The molecule has 1 aromatic heterocycles. The van der Waals surface area contributed by atoms with Gasteiger partial charge in [-0.15, -0.1) is 0 Å². The summed E-state index contributed by atoms with van der Waals surface area (Å²) < 4.78 is 0. The van der Waals surface area contributed by atoms with Crippen LogP contribution in [0, 0.1) is 0 Å². The maximum Gasteiger partial charge on any atom is 0.124 e. The first kappa shape index (κ1) is 9.33. The highest BCUT2D eigenvalue weighted by Crippen LogP contribution is 2.14. The summed E-state index contributed by atoms with van der Waals surface area (Å²) in [6, 6.07) is 6.99. The summed E-state index contributed by atoms with van der Waals surface area (Å²) in [4.78, 5) is 11.8. The van der Waals surface area contributed by atoms with E-state index in [4.69, 9.17) is 0 Å². The lowest BCUT2D eigenvalue weighted by molar-refractivity contribution is 0.474. The van der Waals surface area contributed by atoms with Crippen LogP contribution in [0.25, 0.3) is 0 Å². The molecule has 0 fully saturated rings. The zero-order valence-electron chi connectivity index (χ0n) is 7.91. The molecule has 0 atom stereocenters. The van der Waals surface area contributed by atoms with Crippen molar-refractivity contribution in [2.75, 3.05) is 0 Å². The van der Waals surface area contributed by atoms with Crippen LogP contribution < -0.4 is 0 Å². The second kappa shape index (κ2) is 4.32. The van der Waals surface area contributed by atoms with E-state index in [0.29, 0.717) is 11.3 Å². The van der Waals surface area contributed by atoms with Crippen LogP contribution in [-0.4, -0.2) is 21.3 Å². The number of nitrogens with zero attached hydrogens (tertiary/aromatic N) is 3. The molecule has 1 heterocycles. The van der Waals surface area contributed by atoms with E-state index in [1.54, 1.807) is 36.8 Å². The monoisotopic (exact) mass is 199 g/mol. The van der Waals surface area contributed by atoms with Crippen molar-refractivity contribution in [1.82, 2.24) is 9.97 Å². The lowest BCUT2D eigenvalue weighted by Gasteiger charge is -1.96. The third-order valence-electron chi connectivity index (χ3n) is 1.84. The van der Waals surface area contributed by atoms with Crippen LogP contribution in [0.1, 0.15) is 5.56 Å². The first-order valence-electron chi connectivity index (χ1n) is 4.43. The molecule has 0 aliphatic carbocycles. The molecule has 1 N–H and O–H groups in total. The van der Waals surface area contributed by atoms with Gasteiger partial charge in [-0.25, -0.2) is 9.97 Å². The van der Waals surface area contributed by atoms with Crippen molar-refractivity contribution in [2.24, 2.45) is 4.99 Å². The second-order valence-electron chi connectivity index (χ2n) is 2.91. The van der Waals surface area contributed by atoms with Crippen molar-refractivity contribution in [3.05, 3.63) is 48.5 Å². The highest BCUT2D eigenvalue weighted by Gasteiger charge is 1.94. The van der Waals surface area contributed by atoms with Gasteiger partial charge in [0.05, 0.1) is 18.1 Å². The fourth-order valence-electron chi connectivity index (χ4n) is 1.10. The van der Waals surface area contributed by atoms with Crippen LogP contribution in [0.15, 0.2) is 48.0 Å². The molecule has 1 aromatic carbocycles. The maximum absolute atomic E-state index is 9.47. The zero-order valence-corrected chi connectivity index (χ0v) is 7.91. The number of aliphatic imine (C=N–C) groups is 1. The first-order valence-corrected chi connectivity index (χ1v) is 4.43. The van der Waals surface area contributed by atoms with Crippen LogP contribution in [0.3, 0.4) is 0 Å². The van der Waals surface area contributed by atoms with Gasteiger partial charge in [0.2, 0.25) is 0 Å². The molecular formula is C11H9N3O. The normalized spacial score (nSPS) is 10.7. The van der Waals surface area contributed by atoms with Gasteiger partial charge in [-0.1, -0.05) is 12.1 Å². The van der Waals surface area contributed by atoms with E-state index in [1.165, 1.54) is 6.33 Å². The fourth-order valence-corrected chi connectivity index (χ4v) is 1.10. The van der Waals surface area contributed by atoms with Crippen molar-refractivity contribution < 1.29 is 5.11 Å². The zero-order chi connectivity index (χ0) is 10.5. The number of benzene rings is 1. The molecule has 74 valence electrons. The van der Waals surface area contributed by atoms with Gasteiger partial charge in [-0.05, 0) is 12.1 Å². The molecule has 0 unspecified atom stereocenters. The molecule has 0 spiro atoms. The lowest BCUT2D eigenvalue weighted by Crippen LogP contribution is -1.81. The maximum atomic E-state index is 9.47. The second-order valence-corrected chi connectivity index (χ2v) is 2.91. The number of phenolic OH excluding ortho intramolecular Hbond substituents is 1. The van der Waals surface area contributed by atoms with Gasteiger partial charge in [-0.3, -0.25) is 4.99 Å². The quantitative estimate of drug-likeness (QED) is 0.752. The Labute approximate surface area is 87.0 Å². The van der Waals surface area contributed by atoms with Crippen LogP contribution in [0.2, 0.25) is 0 Å². The Morgan fingerprint density at radius 1 is 1.13 bits per heavy atom. The minimum absolute atomic E-state index is 0.207. The highest BCUT2D eigenvalue weighted by atomic mass is 16.3. The molecule has 0 saturated carbocycles. The average molecular weight is 199 g/mol. The van der Waals surface area contributed by atoms with Gasteiger partial charge in [-0.2, -0.15) is 0 Å².